The smallest absolute Gasteiger partial charge is 0.228 e. The van der Waals surface area contributed by atoms with Gasteiger partial charge in [-0.3, -0.25) is 9.59 Å². The minimum Gasteiger partial charge on any atom is -0.338 e. The molecule has 0 saturated carbocycles. The molecular weight excluding hydrogens is 404 g/mol. The van der Waals surface area contributed by atoms with Gasteiger partial charge in [0.05, 0.1) is 29.1 Å². The number of carbonyl (C=O) groups excluding carboxylic acids is 2. The van der Waals surface area contributed by atoms with E-state index in [1.807, 2.05) is 31.1 Å². The molecule has 2 saturated heterocycles. The van der Waals surface area contributed by atoms with Crippen molar-refractivity contribution >= 4 is 21.7 Å². The Kier molecular flexibility index (Phi) is 6.78. The average Bonchev–Trinajstić information content (AvgIpc) is 3.26. The molecule has 0 spiro atoms. The summed E-state index contributed by atoms with van der Waals surface area (Å²) in [4.78, 5) is 31.2. The molecule has 1 aromatic carbocycles. The molecule has 2 aliphatic heterocycles. The van der Waals surface area contributed by atoms with Crippen molar-refractivity contribution in [2.75, 3.05) is 45.2 Å². The van der Waals surface area contributed by atoms with Gasteiger partial charge in [0.15, 0.2) is 9.84 Å². The van der Waals surface area contributed by atoms with E-state index in [2.05, 4.69) is 6.07 Å². The molecule has 162 valence electrons. The average molecular weight is 433 g/mol. The number of sulfone groups is 1. The zero-order chi connectivity index (χ0) is 21.9. The van der Waals surface area contributed by atoms with E-state index in [0.29, 0.717) is 31.6 Å². The summed E-state index contributed by atoms with van der Waals surface area (Å²) in [5, 5.41) is 8.97. The van der Waals surface area contributed by atoms with Crippen LogP contribution in [0.2, 0.25) is 0 Å². The number of rotatable bonds is 7. The minimum atomic E-state index is -3.09. The van der Waals surface area contributed by atoms with Gasteiger partial charge < -0.3 is 14.7 Å². The second-order valence-corrected chi connectivity index (χ2v) is 10.6. The first kappa shape index (κ1) is 22.2. The molecule has 0 unspecified atom stereocenters. The maximum atomic E-state index is 13.3. The lowest BCUT2D eigenvalue weighted by atomic mass is 10.1. The molecule has 0 bridgehead atoms. The number of carbonyl (C=O) groups is 2. The van der Waals surface area contributed by atoms with Gasteiger partial charge >= 0.3 is 0 Å². The van der Waals surface area contributed by atoms with Gasteiger partial charge in [0, 0.05) is 38.6 Å². The third-order valence-electron chi connectivity index (χ3n) is 5.74. The van der Waals surface area contributed by atoms with Gasteiger partial charge in [-0.25, -0.2) is 8.42 Å². The van der Waals surface area contributed by atoms with E-state index >= 15 is 0 Å². The van der Waals surface area contributed by atoms with Crippen molar-refractivity contribution in [1.82, 2.24) is 14.7 Å². The Hall–Kier alpha value is -2.44. The normalized spacial score (nSPS) is 23.0. The number of benzene rings is 1. The molecule has 0 N–H and O–H groups in total. The molecule has 2 fully saturated rings. The lowest BCUT2D eigenvalue weighted by Crippen LogP contribution is -2.42. The van der Waals surface area contributed by atoms with Crippen molar-refractivity contribution < 1.29 is 18.0 Å². The first-order chi connectivity index (χ1) is 14.2. The Bertz CT molecular complexity index is 937. The van der Waals surface area contributed by atoms with E-state index in [-0.39, 0.29) is 42.3 Å². The lowest BCUT2D eigenvalue weighted by molar-refractivity contribution is -0.136. The summed E-state index contributed by atoms with van der Waals surface area (Å²) >= 11 is 0. The van der Waals surface area contributed by atoms with Crippen LogP contribution in [0.4, 0.5) is 0 Å². The number of hydrogen-bond acceptors (Lipinski definition) is 6. The SMILES string of the molecule is CN(C)CCN(Cc1ccc(C#N)cc1)C(=O)[C@H]1CC(=O)N([C@@H]2CCS(=O)(=O)C2)C1. The summed E-state index contributed by atoms with van der Waals surface area (Å²) in [5.41, 5.74) is 1.48. The molecule has 1 aromatic rings. The highest BCUT2D eigenvalue weighted by Crippen LogP contribution is 2.27. The summed E-state index contributed by atoms with van der Waals surface area (Å²) < 4.78 is 23.6. The summed E-state index contributed by atoms with van der Waals surface area (Å²) in [7, 11) is 0.780. The fraction of sp³-hybridized carbons (Fsp3) is 0.571. The number of amides is 2. The van der Waals surface area contributed by atoms with Crippen molar-refractivity contribution in [2.45, 2.75) is 25.4 Å². The zero-order valence-corrected chi connectivity index (χ0v) is 18.3. The molecule has 2 atom stereocenters. The Morgan fingerprint density at radius 2 is 1.93 bits per heavy atom. The molecule has 3 rings (SSSR count). The Balaban J connectivity index is 1.70. The van der Waals surface area contributed by atoms with Crippen molar-refractivity contribution in [2.24, 2.45) is 5.92 Å². The minimum absolute atomic E-state index is 0.00473. The third-order valence-corrected chi connectivity index (χ3v) is 7.49. The summed E-state index contributed by atoms with van der Waals surface area (Å²) in [6.07, 6.45) is 0.575. The van der Waals surface area contributed by atoms with E-state index in [1.165, 1.54) is 0 Å². The van der Waals surface area contributed by atoms with E-state index in [0.717, 1.165) is 5.56 Å². The Morgan fingerprint density at radius 3 is 2.50 bits per heavy atom. The maximum Gasteiger partial charge on any atom is 0.228 e. The summed E-state index contributed by atoms with van der Waals surface area (Å²) in [6.45, 7) is 1.90. The first-order valence-electron chi connectivity index (χ1n) is 10.1. The standard InChI is InChI=1S/C21H28N4O4S/c1-23(2)8-9-24(13-17-5-3-16(12-22)4-6-17)21(27)18-11-20(26)25(14-18)19-7-10-30(28,29)15-19/h3-6,18-19H,7-11,13-15H2,1-2H3/t18-,19+/m0/s1. The highest BCUT2D eigenvalue weighted by atomic mass is 32.2. The van der Waals surface area contributed by atoms with Crippen LogP contribution in [0.1, 0.15) is 24.0 Å². The van der Waals surface area contributed by atoms with E-state index < -0.39 is 15.8 Å². The van der Waals surface area contributed by atoms with Gasteiger partial charge in [-0.05, 0) is 38.2 Å². The second kappa shape index (κ2) is 9.14. The lowest BCUT2D eigenvalue weighted by Gasteiger charge is -2.28. The molecule has 8 nitrogen and oxygen atoms in total. The molecule has 9 heteroatoms. The molecule has 2 amide bonds. The molecule has 0 aliphatic carbocycles. The predicted molar refractivity (Wildman–Crippen MR) is 112 cm³/mol. The number of likely N-dealkylation sites (tertiary alicyclic amines) is 1. The fourth-order valence-electron chi connectivity index (χ4n) is 4.02. The van der Waals surface area contributed by atoms with Crippen LogP contribution in [0.25, 0.3) is 0 Å². The van der Waals surface area contributed by atoms with E-state index in [4.69, 9.17) is 5.26 Å². The van der Waals surface area contributed by atoms with Gasteiger partial charge in [0.1, 0.15) is 0 Å². The second-order valence-electron chi connectivity index (χ2n) is 8.38. The maximum absolute atomic E-state index is 13.3. The molecule has 2 heterocycles. The number of nitriles is 1. The quantitative estimate of drug-likeness (QED) is 0.621. The van der Waals surface area contributed by atoms with Gasteiger partial charge in [0.2, 0.25) is 11.8 Å². The van der Waals surface area contributed by atoms with Crippen LogP contribution in [0, 0.1) is 17.2 Å². The van der Waals surface area contributed by atoms with Crippen molar-refractivity contribution in [3.05, 3.63) is 35.4 Å². The first-order valence-corrected chi connectivity index (χ1v) is 11.9. The third kappa shape index (κ3) is 5.37. The van der Waals surface area contributed by atoms with E-state index in [9.17, 15) is 18.0 Å². The molecule has 30 heavy (non-hydrogen) atoms. The van der Waals surface area contributed by atoms with Crippen LogP contribution in [-0.2, 0) is 26.0 Å². The van der Waals surface area contributed by atoms with Crippen LogP contribution in [0.5, 0.6) is 0 Å². The van der Waals surface area contributed by atoms with Gasteiger partial charge in [-0.2, -0.15) is 5.26 Å². The molecule has 2 aliphatic rings. The van der Waals surface area contributed by atoms with Crippen LogP contribution in [0.3, 0.4) is 0 Å². The number of likely N-dealkylation sites (N-methyl/N-ethyl adjacent to an activating group) is 1. The van der Waals surface area contributed by atoms with Crippen LogP contribution in [-0.4, -0.2) is 86.2 Å². The van der Waals surface area contributed by atoms with Gasteiger partial charge in [0.25, 0.3) is 0 Å². The summed E-state index contributed by atoms with van der Waals surface area (Å²) in [5.74, 6) is -0.580. The highest BCUT2D eigenvalue weighted by Gasteiger charge is 2.42. The molecule has 0 radical (unpaired) electrons. The van der Waals surface area contributed by atoms with E-state index in [1.54, 1.807) is 21.9 Å². The highest BCUT2D eigenvalue weighted by molar-refractivity contribution is 7.91. The Morgan fingerprint density at radius 1 is 1.23 bits per heavy atom. The fourth-order valence-corrected chi connectivity index (χ4v) is 5.75. The monoisotopic (exact) mass is 432 g/mol. The van der Waals surface area contributed by atoms with Crippen LogP contribution < -0.4 is 0 Å². The van der Waals surface area contributed by atoms with Crippen molar-refractivity contribution in [1.29, 1.82) is 5.26 Å². The number of nitrogens with zero attached hydrogens (tertiary/aromatic N) is 4. The largest absolute Gasteiger partial charge is 0.338 e. The van der Waals surface area contributed by atoms with Crippen molar-refractivity contribution in [3.8, 4) is 6.07 Å². The van der Waals surface area contributed by atoms with Crippen LogP contribution in [0.15, 0.2) is 24.3 Å². The predicted octanol–water partition coefficient (Wildman–Crippen LogP) is 0.484. The van der Waals surface area contributed by atoms with Gasteiger partial charge in [-0.15, -0.1) is 0 Å². The topological polar surface area (TPSA) is 102 Å². The van der Waals surface area contributed by atoms with Crippen LogP contribution >= 0.6 is 0 Å². The summed E-state index contributed by atoms with van der Waals surface area (Å²) in [6, 6.07) is 8.90. The molecular formula is C21H28N4O4S. The number of hydrogen-bond donors (Lipinski definition) is 0. The molecule has 0 aromatic heterocycles. The van der Waals surface area contributed by atoms with Gasteiger partial charge in [-0.1, -0.05) is 12.1 Å². The van der Waals surface area contributed by atoms with Crippen molar-refractivity contribution in [3.63, 3.8) is 0 Å². The Labute approximate surface area is 178 Å². The zero-order valence-electron chi connectivity index (χ0n) is 17.5.